The van der Waals surface area contributed by atoms with E-state index in [0.717, 1.165) is 51.4 Å². The van der Waals surface area contributed by atoms with Gasteiger partial charge >= 0.3 is 0 Å². The van der Waals surface area contributed by atoms with Crippen molar-refractivity contribution in [2.75, 3.05) is 6.61 Å². The summed E-state index contributed by atoms with van der Waals surface area (Å²) in [6, 6.07) is -0.625. The zero-order valence-electron chi connectivity index (χ0n) is 49.4. The maximum absolute atomic E-state index is 12.5. The van der Waals surface area contributed by atoms with Gasteiger partial charge in [0.05, 0.1) is 18.8 Å². The second-order valence-corrected chi connectivity index (χ2v) is 22.5. The Hall–Kier alpha value is -1.91. The highest BCUT2D eigenvalue weighted by molar-refractivity contribution is 5.76. The van der Waals surface area contributed by atoms with E-state index in [1.165, 1.54) is 283 Å². The molecule has 0 aromatic heterocycles. The summed E-state index contributed by atoms with van der Waals surface area (Å²) in [5, 5.41) is 23.3. The van der Waals surface area contributed by atoms with Crippen LogP contribution in [0.2, 0.25) is 0 Å². The molecule has 0 aromatic rings. The number of aliphatic hydroxyl groups excluding tert-OH is 2. The average molecular weight is 1020 g/mol. The van der Waals surface area contributed by atoms with Crippen molar-refractivity contribution in [3.8, 4) is 0 Å². The fraction of sp³-hybridized carbons (Fsp3) is 0.841. The first-order chi connectivity index (χ1) is 36.2. The van der Waals surface area contributed by atoms with Crippen molar-refractivity contribution in [2.24, 2.45) is 0 Å². The van der Waals surface area contributed by atoms with Crippen molar-refractivity contribution >= 4 is 5.91 Å². The first kappa shape index (κ1) is 71.1. The Bertz CT molecular complexity index is 1200. The molecule has 0 spiro atoms. The lowest BCUT2D eigenvalue weighted by Gasteiger charge is -2.20. The molecule has 4 heteroatoms. The minimum atomic E-state index is -0.842. The Kier molecular flexibility index (Phi) is 62.7. The summed E-state index contributed by atoms with van der Waals surface area (Å²) >= 11 is 0. The summed E-state index contributed by atoms with van der Waals surface area (Å²) in [4.78, 5) is 12.5. The lowest BCUT2D eigenvalue weighted by atomic mass is 10.0. The van der Waals surface area contributed by atoms with Gasteiger partial charge in [-0.25, -0.2) is 0 Å². The van der Waals surface area contributed by atoms with Gasteiger partial charge in [0.15, 0.2) is 0 Å². The van der Waals surface area contributed by atoms with E-state index in [1.54, 1.807) is 6.08 Å². The van der Waals surface area contributed by atoms with Gasteiger partial charge in [-0.1, -0.05) is 351 Å². The number of hydrogen-bond donors (Lipinski definition) is 3. The van der Waals surface area contributed by atoms with Gasteiger partial charge in [0.25, 0.3) is 0 Å². The smallest absolute Gasteiger partial charge is 0.220 e. The van der Waals surface area contributed by atoms with Crippen molar-refractivity contribution < 1.29 is 15.0 Å². The van der Waals surface area contributed by atoms with E-state index in [1.807, 2.05) is 6.08 Å². The number of unbranched alkanes of at least 4 members (excludes halogenated alkanes) is 46. The van der Waals surface area contributed by atoms with E-state index < -0.39 is 12.1 Å². The molecule has 0 radical (unpaired) electrons. The molecule has 0 fully saturated rings. The largest absolute Gasteiger partial charge is 0.394 e. The minimum Gasteiger partial charge on any atom is -0.394 e. The molecule has 0 aliphatic rings. The van der Waals surface area contributed by atoms with Crippen LogP contribution >= 0.6 is 0 Å². The van der Waals surface area contributed by atoms with E-state index in [0.29, 0.717) is 6.42 Å². The molecule has 0 saturated carbocycles. The summed E-state index contributed by atoms with van der Waals surface area (Å²) in [6.45, 7) is 4.23. The van der Waals surface area contributed by atoms with Gasteiger partial charge in [0.1, 0.15) is 0 Å². The maximum Gasteiger partial charge on any atom is 0.220 e. The Balaban J connectivity index is 3.44. The molecule has 3 N–H and O–H groups in total. The van der Waals surface area contributed by atoms with Gasteiger partial charge in [0.2, 0.25) is 5.91 Å². The molecule has 428 valence electrons. The number of carbonyl (C=O) groups excluding carboxylic acids is 1. The molecule has 1 amide bonds. The topological polar surface area (TPSA) is 69.6 Å². The molecular formula is C69H129NO3. The van der Waals surface area contributed by atoms with Crippen LogP contribution < -0.4 is 5.32 Å². The van der Waals surface area contributed by atoms with Crippen molar-refractivity contribution in [3.05, 3.63) is 60.8 Å². The van der Waals surface area contributed by atoms with Crippen LogP contribution in [0, 0.1) is 0 Å². The van der Waals surface area contributed by atoms with Crippen LogP contribution in [0.5, 0.6) is 0 Å². The zero-order valence-corrected chi connectivity index (χ0v) is 49.4. The molecule has 73 heavy (non-hydrogen) atoms. The number of aliphatic hydroxyl groups is 2. The van der Waals surface area contributed by atoms with Gasteiger partial charge in [-0.3, -0.25) is 4.79 Å². The lowest BCUT2D eigenvalue weighted by molar-refractivity contribution is -0.123. The maximum atomic E-state index is 12.5. The normalized spacial score (nSPS) is 13.1. The average Bonchev–Trinajstić information content (AvgIpc) is 3.40. The van der Waals surface area contributed by atoms with Crippen molar-refractivity contribution in [3.63, 3.8) is 0 Å². The third-order valence-corrected chi connectivity index (χ3v) is 15.3. The highest BCUT2D eigenvalue weighted by atomic mass is 16.3. The van der Waals surface area contributed by atoms with Crippen molar-refractivity contribution in [2.45, 2.75) is 366 Å². The standard InChI is InChI=1S/C69H129NO3/c1-3-5-7-9-11-13-15-17-19-21-23-25-27-29-31-33-35-37-39-41-43-45-47-49-51-53-55-57-59-61-63-65-69(73)70-67(66-71)68(72)64-62-60-58-56-54-52-50-48-46-44-42-40-38-36-34-32-30-28-26-24-22-20-18-16-14-12-10-8-6-4-2/h5,7,11,13,17,19,23,25,62,64,67-68,71-72H,3-4,6,8-10,12,14-16,18,20-22,24,26-61,63,65-66H2,1-2H3,(H,70,73)/b7-5-,13-11-,19-17-,25-23-,64-62+. The Morgan fingerprint density at radius 1 is 0.342 bits per heavy atom. The summed E-state index contributed by atoms with van der Waals surface area (Å²) < 4.78 is 0. The number of amides is 1. The fourth-order valence-electron chi connectivity index (χ4n) is 10.3. The molecule has 2 unspecified atom stereocenters. The van der Waals surface area contributed by atoms with Gasteiger partial charge in [0, 0.05) is 6.42 Å². The van der Waals surface area contributed by atoms with Crippen molar-refractivity contribution in [1.29, 1.82) is 0 Å². The number of rotatable bonds is 61. The molecule has 2 atom stereocenters. The Morgan fingerprint density at radius 2 is 0.603 bits per heavy atom. The van der Waals surface area contributed by atoms with E-state index in [-0.39, 0.29) is 12.5 Å². The number of allylic oxidation sites excluding steroid dienone is 9. The van der Waals surface area contributed by atoms with Crippen LogP contribution in [0.15, 0.2) is 60.8 Å². The first-order valence-electron chi connectivity index (χ1n) is 33.0. The van der Waals surface area contributed by atoms with E-state index in [4.69, 9.17) is 0 Å². The molecule has 4 nitrogen and oxygen atoms in total. The number of carbonyl (C=O) groups is 1. The molecule has 0 aliphatic carbocycles. The quantitative estimate of drug-likeness (QED) is 0.0420. The number of nitrogens with one attached hydrogen (secondary N) is 1. The highest BCUT2D eigenvalue weighted by Crippen LogP contribution is 2.18. The van der Waals surface area contributed by atoms with Gasteiger partial charge in [-0.05, 0) is 57.8 Å². The number of hydrogen-bond acceptors (Lipinski definition) is 3. The van der Waals surface area contributed by atoms with Gasteiger partial charge in [-0.2, -0.15) is 0 Å². The molecule has 0 aromatic carbocycles. The molecular weight excluding hydrogens is 891 g/mol. The van der Waals surface area contributed by atoms with E-state index >= 15 is 0 Å². The van der Waals surface area contributed by atoms with Crippen molar-refractivity contribution in [1.82, 2.24) is 5.32 Å². The molecule has 0 saturated heterocycles. The third-order valence-electron chi connectivity index (χ3n) is 15.3. The van der Waals surface area contributed by atoms with Crippen LogP contribution in [-0.4, -0.2) is 34.9 Å². The molecule has 0 bridgehead atoms. The van der Waals surface area contributed by atoms with Crippen LogP contribution in [0.1, 0.15) is 354 Å². The highest BCUT2D eigenvalue weighted by Gasteiger charge is 2.18. The summed E-state index contributed by atoms with van der Waals surface area (Å²) in [6.07, 6.45) is 91.5. The molecule has 0 aliphatic heterocycles. The second-order valence-electron chi connectivity index (χ2n) is 22.5. The van der Waals surface area contributed by atoms with E-state index in [9.17, 15) is 15.0 Å². The van der Waals surface area contributed by atoms with Gasteiger partial charge in [-0.15, -0.1) is 0 Å². The van der Waals surface area contributed by atoms with Crippen LogP contribution in [0.3, 0.4) is 0 Å². The summed E-state index contributed by atoms with van der Waals surface area (Å²) in [5.74, 6) is -0.0589. The Labute approximate surface area is 457 Å². The SMILES string of the molecule is CC/C=C\C/C=C\C/C=C\C/C=C\CCCCCCCCCCCCCCCCCCCCC(=O)NC(CO)C(O)/C=C/CCCCCCCCCCCCCCCCCCCCCCCCCCCCCC. The minimum absolute atomic E-state index is 0.0589. The van der Waals surface area contributed by atoms with Crippen LogP contribution in [0.25, 0.3) is 0 Å². The molecule has 0 rings (SSSR count). The zero-order chi connectivity index (χ0) is 52.7. The van der Waals surface area contributed by atoms with E-state index in [2.05, 4.69) is 67.8 Å². The summed E-state index contributed by atoms with van der Waals surface area (Å²) in [7, 11) is 0. The van der Waals surface area contributed by atoms with Crippen LogP contribution in [0.4, 0.5) is 0 Å². The predicted molar refractivity (Wildman–Crippen MR) is 327 cm³/mol. The third kappa shape index (κ3) is 60.8. The second kappa shape index (κ2) is 64.4. The lowest BCUT2D eigenvalue weighted by Crippen LogP contribution is -2.45. The fourth-order valence-corrected chi connectivity index (χ4v) is 10.3. The molecule has 0 heterocycles. The van der Waals surface area contributed by atoms with Gasteiger partial charge < -0.3 is 15.5 Å². The predicted octanol–water partition coefficient (Wildman–Crippen LogP) is 22.3. The van der Waals surface area contributed by atoms with Crippen LogP contribution in [-0.2, 0) is 4.79 Å². The first-order valence-corrected chi connectivity index (χ1v) is 33.0. The monoisotopic (exact) mass is 1020 g/mol. The summed E-state index contributed by atoms with van der Waals surface area (Å²) in [5.41, 5.74) is 0. The Morgan fingerprint density at radius 3 is 0.904 bits per heavy atom.